The summed E-state index contributed by atoms with van der Waals surface area (Å²) in [5.41, 5.74) is 10.2. The van der Waals surface area contributed by atoms with Crippen molar-refractivity contribution >= 4 is 17.9 Å². The highest BCUT2D eigenvalue weighted by Crippen LogP contribution is 2.20. The Bertz CT molecular complexity index is 1040. The van der Waals surface area contributed by atoms with Crippen LogP contribution >= 0.6 is 0 Å². The average molecular weight is 423 g/mol. The van der Waals surface area contributed by atoms with Crippen LogP contribution in [0.1, 0.15) is 53.8 Å². The van der Waals surface area contributed by atoms with Crippen LogP contribution in [0.3, 0.4) is 0 Å². The zero-order valence-corrected chi connectivity index (χ0v) is 17.3. The van der Waals surface area contributed by atoms with E-state index < -0.39 is 5.91 Å². The molecule has 2 aromatic heterocycles. The van der Waals surface area contributed by atoms with Gasteiger partial charge in [-0.2, -0.15) is 9.78 Å². The summed E-state index contributed by atoms with van der Waals surface area (Å²) in [5, 5.41) is 19.7. The lowest BCUT2D eigenvalue weighted by Gasteiger charge is -2.26. The molecule has 1 fully saturated rings. The van der Waals surface area contributed by atoms with Crippen LogP contribution in [0.4, 0.5) is 5.82 Å². The number of hydrazone groups is 1. The Hall–Kier alpha value is -3.60. The molecule has 1 aliphatic rings. The number of amides is 1. The van der Waals surface area contributed by atoms with Gasteiger partial charge >= 0.3 is 0 Å². The molecule has 0 spiro atoms. The number of nitrogen functional groups attached to an aromatic ring is 1. The van der Waals surface area contributed by atoms with Crippen molar-refractivity contribution in [2.45, 2.75) is 38.6 Å². The molecule has 1 aliphatic heterocycles. The number of carbonyl (C=O) groups excluding carboxylic acids is 1. The van der Waals surface area contributed by atoms with Crippen LogP contribution in [0.5, 0.6) is 0 Å². The van der Waals surface area contributed by atoms with Gasteiger partial charge in [-0.3, -0.25) is 9.69 Å². The van der Waals surface area contributed by atoms with Crippen molar-refractivity contribution in [3.05, 3.63) is 47.3 Å². The van der Waals surface area contributed by atoms with Gasteiger partial charge in [0.1, 0.15) is 0 Å². The summed E-state index contributed by atoms with van der Waals surface area (Å²) in [6, 6.07) is 9.91. The minimum absolute atomic E-state index is 0.0472. The van der Waals surface area contributed by atoms with E-state index in [0.717, 1.165) is 31.5 Å². The molecule has 0 saturated carbocycles. The van der Waals surface area contributed by atoms with Gasteiger partial charge in [-0.1, -0.05) is 48.9 Å². The van der Waals surface area contributed by atoms with Gasteiger partial charge in [-0.05, 0) is 41.8 Å². The first-order valence-electron chi connectivity index (χ1n) is 10.3. The first-order chi connectivity index (χ1) is 15.1. The molecule has 0 radical (unpaired) electrons. The zero-order chi connectivity index (χ0) is 21.6. The normalized spacial score (nSPS) is 15.9. The molecule has 11 nitrogen and oxygen atoms in total. The maximum Gasteiger partial charge on any atom is 0.293 e. The third-order valence-electron chi connectivity index (χ3n) is 5.29. The molecule has 162 valence electrons. The molecule has 0 bridgehead atoms. The Kier molecular flexibility index (Phi) is 6.32. The summed E-state index contributed by atoms with van der Waals surface area (Å²) < 4.78 is 6.10. The fourth-order valence-electron chi connectivity index (χ4n) is 3.56. The van der Waals surface area contributed by atoms with Gasteiger partial charge in [0.2, 0.25) is 11.6 Å². The minimum Gasteiger partial charge on any atom is -0.378 e. The van der Waals surface area contributed by atoms with Crippen molar-refractivity contribution in [1.29, 1.82) is 0 Å². The molecule has 31 heavy (non-hydrogen) atoms. The molecule has 3 aromatic rings. The van der Waals surface area contributed by atoms with E-state index in [9.17, 15) is 4.79 Å². The number of benzene rings is 1. The lowest BCUT2D eigenvalue weighted by Crippen LogP contribution is -2.31. The number of nitrogens with zero attached hydrogens (tertiary/aromatic N) is 7. The van der Waals surface area contributed by atoms with Crippen LogP contribution in [-0.2, 0) is 6.54 Å². The van der Waals surface area contributed by atoms with Gasteiger partial charge in [0, 0.05) is 18.7 Å². The second-order valence-corrected chi connectivity index (χ2v) is 7.52. The fourth-order valence-corrected chi connectivity index (χ4v) is 3.56. The number of hydrogen-bond acceptors (Lipinski definition) is 9. The third kappa shape index (κ3) is 4.77. The van der Waals surface area contributed by atoms with Crippen molar-refractivity contribution in [3.63, 3.8) is 0 Å². The first-order valence-corrected chi connectivity index (χ1v) is 10.3. The van der Waals surface area contributed by atoms with Crippen molar-refractivity contribution in [2.24, 2.45) is 5.10 Å². The minimum atomic E-state index is -0.454. The highest BCUT2D eigenvalue weighted by atomic mass is 16.6. The largest absolute Gasteiger partial charge is 0.378 e. The topological polar surface area (TPSA) is 140 Å². The highest BCUT2D eigenvalue weighted by Gasteiger charge is 2.26. The maximum absolute atomic E-state index is 12.8. The quantitative estimate of drug-likeness (QED) is 0.432. The van der Waals surface area contributed by atoms with Crippen molar-refractivity contribution in [2.75, 3.05) is 18.8 Å². The molecule has 3 heterocycles. The highest BCUT2D eigenvalue weighted by molar-refractivity contribution is 5.93. The van der Waals surface area contributed by atoms with Gasteiger partial charge in [0.15, 0.2) is 5.69 Å². The van der Waals surface area contributed by atoms with Crippen LogP contribution in [-0.4, -0.2) is 55.4 Å². The van der Waals surface area contributed by atoms with Crippen molar-refractivity contribution < 1.29 is 9.42 Å². The number of carbonyl (C=O) groups is 1. The lowest BCUT2D eigenvalue weighted by molar-refractivity contribution is 0.0947. The van der Waals surface area contributed by atoms with Gasteiger partial charge in [0.25, 0.3) is 5.91 Å². The van der Waals surface area contributed by atoms with Crippen LogP contribution in [0.25, 0.3) is 5.82 Å². The monoisotopic (exact) mass is 423 g/mol. The Morgan fingerprint density at radius 1 is 1.26 bits per heavy atom. The lowest BCUT2D eigenvalue weighted by atomic mass is 10.0. The molecule has 1 atom stereocenters. The van der Waals surface area contributed by atoms with E-state index in [1.165, 1.54) is 11.1 Å². The molecule has 1 saturated heterocycles. The van der Waals surface area contributed by atoms with E-state index in [2.05, 4.69) is 36.1 Å². The van der Waals surface area contributed by atoms with Gasteiger partial charge < -0.3 is 5.73 Å². The number of rotatable bonds is 7. The zero-order valence-electron chi connectivity index (χ0n) is 17.3. The summed E-state index contributed by atoms with van der Waals surface area (Å²) in [6.45, 7) is 4.35. The predicted molar refractivity (Wildman–Crippen MR) is 114 cm³/mol. The summed E-state index contributed by atoms with van der Waals surface area (Å²) in [7, 11) is 0. The summed E-state index contributed by atoms with van der Waals surface area (Å²) in [4.78, 5) is 15.1. The molecular formula is C20H25N9O2. The van der Waals surface area contributed by atoms with E-state index in [4.69, 9.17) is 10.4 Å². The van der Waals surface area contributed by atoms with E-state index in [0.29, 0.717) is 12.2 Å². The van der Waals surface area contributed by atoms with E-state index in [1.807, 2.05) is 37.3 Å². The third-order valence-corrected chi connectivity index (χ3v) is 5.29. The van der Waals surface area contributed by atoms with Crippen molar-refractivity contribution in [3.8, 4) is 5.82 Å². The average Bonchev–Trinajstić information content (AvgIpc) is 3.40. The molecule has 4 rings (SSSR count). The molecule has 1 aromatic carbocycles. The smallest absolute Gasteiger partial charge is 0.293 e. The van der Waals surface area contributed by atoms with E-state index in [1.54, 1.807) is 6.21 Å². The number of likely N-dealkylation sites (tertiary alicyclic amines) is 1. The molecule has 1 amide bonds. The number of anilines is 1. The summed E-state index contributed by atoms with van der Waals surface area (Å²) in [5.74, 6) is -0.123. The standard InChI is InChI=1S/C20H25N9O2/c1-14(15-8-4-2-5-9-15)12-22-24-20(30)17-16(13-28-10-6-3-7-11-28)29(27-23-17)19-18(21)25-31-26-19/h2,4-5,8-9,12,14H,3,6-7,10-11,13H2,1H3,(H2,21,25)(H,24,30)/b22-12-/t14-/m0/s1. The SMILES string of the molecule is C[C@@H](/C=N\NC(=O)c1nnn(-c2nonc2N)c1CN1CCCCC1)c1ccccc1. The summed E-state index contributed by atoms with van der Waals surface area (Å²) in [6.07, 6.45) is 5.11. The van der Waals surface area contributed by atoms with Gasteiger partial charge in [0.05, 0.1) is 5.69 Å². The van der Waals surface area contributed by atoms with Gasteiger partial charge in [-0.15, -0.1) is 5.10 Å². The van der Waals surface area contributed by atoms with Crippen LogP contribution < -0.4 is 11.2 Å². The molecule has 0 unspecified atom stereocenters. The van der Waals surface area contributed by atoms with Gasteiger partial charge in [-0.25, -0.2) is 10.1 Å². The van der Waals surface area contributed by atoms with Crippen LogP contribution in [0.15, 0.2) is 40.1 Å². The van der Waals surface area contributed by atoms with E-state index >= 15 is 0 Å². The number of aromatic nitrogens is 5. The number of nitrogens with two attached hydrogens (primary N) is 1. The molecule has 11 heteroatoms. The van der Waals surface area contributed by atoms with E-state index in [-0.39, 0.29) is 23.2 Å². The first kappa shape index (κ1) is 20.7. The fraction of sp³-hybridized carbons (Fsp3) is 0.400. The predicted octanol–water partition coefficient (Wildman–Crippen LogP) is 1.74. The molecule has 0 aliphatic carbocycles. The molecule has 3 N–H and O–H groups in total. The maximum atomic E-state index is 12.8. The Labute approximate surface area is 179 Å². The number of piperidine rings is 1. The Morgan fingerprint density at radius 2 is 2.03 bits per heavy atom. The van der Waals surface area contributed by atoms with Crippen LogP contribution in [0, 0.1) is 0 Å². The van der Waals surface area contributed by atoms with Crippen LogP contribution in [0.2, 0.25) is 0 Å². The Balaban J connectivity index is 1.53. The molecular weight excluding hydrogens is 398 g/mol. The second kappa shape index (κ2) is 9.47. The van der Waals surface area contributed by atoms with Crippen molar-refractivity contribution in [1.82, 2.24) is 35.6 Å². The second-order valence-electron chi connectivity index (χ2n) is 7.52. The summed E-state index contributed by atoms with van der Waals surface area (Å²) >= 11 is 0. The number of nitrogens with one attached hydrogen (secondary N) is 1. The number of hydrogen-bond donors (Lipinski definition) is 2. The Morgan fingerprint density at radius 3 is 2.74 bits per heavy atom.